The van der Waals surface area contributed by atoms with Crippen molar-refractivity contribution in [2.45, 2.75) is 61.2 Å². The van der Waals surface area contributed by atoms with Crippen LogP contribution in [0.5, 0.6) is 0 Å². The first kappa shape index (κ1) is 14.0. The van der Waals surface area contributed by atoms with Crippen molar-refractivity contribution in [1.82, 2.24) is 20.1 Å². The lowest BCUT2D eigenvalue weighted by atomic mass is 9.97. The Morgan fingerprint density at radius 3 is 2.52 bits per heavy atom. The van der Waals surface area contributed by atoms with Crippen LogP contribution >= 0.6 is 11.8 Å². The van der Waals surface area contributed by atoms with Gasteiger partial charge in [0.05, 0.1) is 12.1 Å². The van der Waals surface area contributed by atoms with Crippen LogP contribution in [0.2, 0.25) is 0 Å². The van der Waals surface area contributed by atoms with E-state index >= 15 is 0 Å². The molecule has 0 radical (unpaired) electrons. The van der Waals surface area contributed by atoms with Crippen molar-refractivity contribution in [3.63, 3.8) is 0 Å². The molecule has 4 rings (SSSR count). The Morgan fingerprint density at radius 2 is 2.00 bits per heavy atom. The minimum absolute atomic E-state index is 0.148. The van der Waals surface area contributed by atoms with Gasteiger partial charge in [-0.25, -0.2) is 0 Å². The van der Waals surface area contributed by atoms with Gasteiger partial charge in [-0.1, -0.05) is 11.8 Å². The molecule has 0 bridgehead atoms. The topological polar surface area (TPSA) is 63.0 Å². The zero-order valence-corrected chi connectivity index (χ0v) is 13.4. The highest BCUT2D eigenvalue weighted by atomic mass is 32.2. The second kappa shape index (κ2) is 5.25. The molecule has 0 spiro atoms. The molecule has 3 saturated carbocycles. The molecule has 6 heteroatoms. The van der Waals surface area contributed by atoms with Crippen LogP contribution in [0.4, 0.5) is 0 Å². The zero-order chi connectivity index (χ0) is 14.4. The van der Waals surface area contributed by atoms with Gasteiger partial charge in [0, 0.05) is 17.7 Å². The highest BCUT2D eigenvalue weighted by Gasteiger charge is 2.44. The van der Waals surface area contributed by atoms with Crippen LogP contribution in [0.15, 0.2) is 5.16 Å². The lowest BCUT2D eigenvalue weighted by Crippen LogP contribution is -2.51. The van der Waals surface area contributed by atoms with Crippen LogP contribution < -0.4 is 5.32 Å². The molecule has 0 aromatic carbocycles. The number of hydrogen-bond acceptors (Lipinski definition) is 5. The van der Waals surface area contributed by atoms with E-state index in [1.54, 1.807) is 11.8 Å². The summed E-state index contributed by atoms with van der Waals surface area (Å²) >= 11 is 1.77. The van der Waals surface area contributed by atoms with Crippen molar-refractivity contribution < 1.29 is 5.11 Å². The van der Waals surface area contributed by atoms with E-state index in [0.717, 1.165) is 10.9 Å². The number of aromatic nitrogens is 3. The van der Waals surface area contributed by atoms with Gasteiger partial charge in [0.2, 0.25) is 0 Å². The number of nitrogens with one attached hydrogen (secondary N) is 1. The molecule has 5 nitrogen and oxygen atoms in total. The van der Waals surface area contributed by atoms with E-state index in [0.29, 0.717) is 17.9 Å². The lowest BCUT2D eigenvalue weighted by molar-refractivity contribution is 0.167. The summed E-state index contributed by atoms with van der Waals surface area (Å²) in [5.41, 5.74) is -0.148. The van der Waals surface area contributed by atoms with E-state index in [4.69, 9.17) is 0 Å². The molecule has 3 aliphatic carbocycles. The van der Waals surface area contributed by atoms with Crippen molar-refractivity contribution in [3.05, 3.63) is 5.82 Å². The fourth-order valence-corrected chi connectivity index (χ4v) is 4.50. The Balaban J connectivity index is 1.51. The number of aliphatic hydroxyl groups excluding tert-OH is 1. The molecule has 2 N–H and O–H groups in total. The molecular formula is C15H24N4OS. The summed E-state index contributed by atoms with van der Waals surface area (Å²) in [5, 5.41) is 23.2. The standard InChI is InChI=1S/C15H24N4OS/c1-16-15(8-20,11-4-5-11)9-21-14-18-17-13(10-2-3-10)19(14)12-6-7-12/h10-12,16,20H,2-9H2,1H3. The monoisotopic (exact) mass is 308 g/mol. The predicted octanol–water partition coefficient (Wildman–Crippen LogP) is 1.94. The third-order valence-corrected chi connectivity index (χ3v) is 6.34. The SMILES string of the molecule is CNC(CO)(CSc1nnc(C2CC2)n1C1CC1)C1CC1. The first-order chi connectivity index (χ1) is 10.3. The number of hydrogen-bond donors (Lipinski definition) is 2. The largest absolute Gasteiger partial charge is 0.394 e. The first-order valence-corrected chi connectivity index (χ1v) is 9.13. The van der Waals surface area contributed by atoms with Crippen molar-refractivity contribution in [1.29, 1.82) is 0 Å². The number of thioether (sulfide) groups is 1. The molecule has 1 aromatic rings. The van der Waals surface area contributed by atoms with Gasteiger partial charge in [0.15, 0.2) is 5.16 Å². The number of rotatable bonds is 8. The van der Waals surface area contributed by atoms with Crippen molar-refractivity contribution in [2.75, 3.05) is 19.4 Å². The fourth-order valence-electron chi connectivity index (χ4n) is 3.16. The third-order valence-electron chi connectivity index (χ3n) is 5.14. The smallest absolute Gasteiger partial charge is 0.191 e. The second-order valence-corrected chi connectivity index (χ2v) is 7.79. The van der Waals surface area contributed by atoms with Crippen molar-refractivity contribution in [2.24, 2.45) is 5.92 Å². The van der Waals surface area contributed by atoms with Crippen LogP contribution in [-0.2, 0) is 0 Å². The fraction of sp³-hybridized carbons (Fsp3) is 0.867. The minimum atomic E-state index is -0.148. The van der Waals surface area contributed by atoms with Gasteiger partial charge in [-0.3, -0.25) is 0 Å². The summed E-state index contributed by atoms with van der Waals surface area (Å²) in [7, 11) is 1.97. The molecule has 1 aromatic heterocycles. The van der Waals surface area contributed by atoms with E-state index < -0.39 is 0 Å². The molecule has 3 aliphatic rings. The average molecular weight is 308 g/mol. The molecule has 0 saturated heterocycles. The maximum absolute atomic E-state index is 9.84. The molecule has 0 amide bonds. The van der Waals surface area contributed by atoms with Crippen molar-refractivity contribution >= 4 is 11.8 Å². The summed E-state index contributed by atoms with van der Waals surface area (Å²) in [6.45, 7) is 0.203. The highest BCUT2D eigenvalue weighted by Crippen LogP contribution is 2.47. The summed E-state index contributed by atoms with van der Waals surface area (Å²) in [5.74, 6) is 3.36. The molecular weight excluding hydrogens is 284 g/mol. The predicted molar refractivity (Wildman–Crippen MR) is 82.6 cm³/mol. The highest BCUT2D eigenvalue weighted by molar-refractivity contribution is 7.99. The summed E-state index contributed by atoms with van der Waals surface area (Å²) in [6, 6.07) is 0.636. The first-order valence-electron chi connectivity index (χ1n) is 8.15. The molecule has 21 heavy (non-hydrogen) atoms. The Morgan fingerprint density at radius 1 is 1.24 bits per heavy atom. The molecule has 1 unspecified atom stereocenters. The maximum atomic E-state index is 9.84. The number of nitrogens with zero attached hydrogens (tertiary/aromatic N) is 3. The Hall–Kier alpha value is -0.590. The quantitative estimate of drug-likeness (QED) is 0.719. The van der Waals surface area contributed by atoms with Crippen molar-refractivity contribution in [3.8, 4) is 0 Å². The molecule has 116 valence electrons. The van der Waals surface area contributed by atoms with Gasteiger partial charge in [0.1, 0.15) is 5.82 Å². The maximum Gasteiger partial charge on any atom is 0.191 e. The van der Waals surface area contributed by atoms with Crippen LogP contribution in [0.25, 0.3) is 0 Å². The van der Waals surface area contributed by atoms with Crippen LogP contribution in [0, 0.1) is 5.92 Å². The normalized spacial score (nSPS) is 25.0. The summed E-state index contributed by atoms with van der Waals surface area (Å²) in [4.78, 5) is 0. The number of likely N-dealkylation sites (N-methyl/N-ethyl adjacent to an activating group) is 1. The van der Waals surface area contributed by atoms with Gasteiger partial charge < -0.3 is 15.0 Å². The Kier molecular flexibility index (Phi) is 3.51. The van der Waals surface area contributed by atoms with Gasteiger partial charge in [-0.05, 0) is 51.5 Å². The molecule has 1 atom stereocenters. The van der Waals surface area contributed by atoms with Crippen LogP contribution in [0.3, 0.4) is 0 Å². The lowest BCUT2D eigenvalue weighted by Gasteiger charge is -2.31. The molecule has 0 aliphatic heterocycles. The van der Waals surface area contributed by atoms with E-state index in [9.17, 15) is 5.11 Å². The second-order valence-electron chi connectivity index (χ2n) is 6.84. The third kappa shape index (κ3) is 2.62. The van der Waals surface area contributed by atoms with E-state index in [1.807, 2.05) is 7.05 Å². The summed E-state index contributed by atoms with van der Waals surface area (Å²) in [6.07, 6.45) is 7.54. The van der Waals surface area contributed by atoms with E-state index in [1.165, 1.54) is 44.3 Å². The minimum Gasteiger partial charge on any atom is -0.394 e. The van der Waals surface area contributed by atoms with E-state index in [2.05, 4.69) is 20.1 Å². The van der Waals surface area contributed by atoms with Gasteiger partial charge in [0.25, 0.3) is 0 Å². The van der Waals surface area contributed by atoms with E-state index in [-0.39, 0.29) is 12.1 Å². The summed E-state index contributed by atoms with van der Waals surface area (Å²) < 4.78 is 2.40. The van der Waals surface area contributed by atoms with Gasteiger partial charge in [-0.2, -0.15) is 0 Å². The van der Waals surface area contributed by atoms with Gasteiger partial charge in [-0.15, -0.1) is 10.2 Å². The Bertz CT molecular complexity index is 516. The van der Waals surface area contributed by atoms with Gasteiger partial charge >= 0.3 is 0 Å². The van der Waals surface area contributed by atoms with Crippen LogP contribution in [-0.4, -0.2) is 44.8 Å². The Labute approximate surface area is 129 Å². The van der Waals surface area contributed by atoms with Crippen LogP contribution in [0.1, 0.15) is 56.3 Å². The zero-order valence-electron chi connectivity index (χ0n) is 12.6. The average Bonchev–Trinajstić information content (AvgIpc) is 3.37. The number of aliphatic hydroxyl groups is 1. The molecule has 3 fully saturated rings. The molecule has 1 heterocycles.